The van der Waals surface area contributed by atoms with Crippen LogP contribution in [0, 0.1) is 5.82 Å². The Balaban J connectivity index is 3.11. The Morgan fingerprint density at radius 2 is 2.20 bits per heavy atom. The van der Waals surface area contributed by atoms with E-state index < -0.39 is 0 Å². The summed E-state index contributed by atoms with van der Waals surface area (Å²) in [5.74, 6) is 5.05. The van der Waals surface area contributed by atoms with Crippen molar-refractivity contribution in [2.24, 2.45) is 5.84 Å². The van der Waals surface area contributed by atoms with Crippen LogP contribution in [0.4, 0.5) is 4.39 Å². The first-order chi connectivity index (χ1) is 7.04. The van der Waals surface area contributed by atoms with Crippen LogP contribution in [0.3, 0.4) is 0 Å². The van der Waals surface area contributed by atoms with Crippen LogP contribution < -0.4 is 11.3 Å². The second-order valence-corrected chi connectivity index (χ2v) is 3.99. The Morgan fingerprint density at radius 1 is 1.53 bits per heavy atom. The van der Waals surface area contributed by atoms with Gasteiger partial charge in [-0.15, -0.1) is 0 Å². The zero-order valence-corrected chi connectivity index (χ0v) is 9.48. The standard InChI is InChI=1S/C11H14ClFN2/c1-7(2)5-11(15-14)9-6-8(12)3-4-10(9)13/h3-6,11,15H,14H2,1-2H3. The second-order valence-electron chi connectivity index (χ2n) is 3.55. The lowest BCUT2D eigenvalue weighted by molar-refractivity contribution is 0.567. The minimum atomic E-state index is -0.353. The van der Waals surface area contributed by atoms with E-state index in [0.29, 0.717) is 10.6 Å². The van der Waals surface area contributed by atoms with Gasteiger partial charge in [0, 0.05) is 10.6 Å². The van der Waals surface area contributed by atoms with Crippen LogP contribution in [-0.2, 0) is 0 Å². The molecule has 0 aliphatic rings. The van der Waals surface area contributed by atoms with Gasteiger partial charge in [0.05, 0.1) is 6.04 Å². The van der Waals surface area contributed by atoms with Crippen LogP contribution in [0.15, 0.2) is 29.8 Å². The highest BCUT2D eigenvalue weighted by Gasteiger charge is 2.12. The topological polar surface area (TPSA) is 38.0 Å². The molecule has 0 bridgehead atoms. The Kier molecular flexibility index (Phi) is 4.27. The molecule has 0 fully saturated rings. The first-order valence-corrected chi connectivity index (χ1v) is 4.98. The molecule has 2 nitrogen and oxygen atoms in total. The summed E-state index contributed by atoms with van der Waals surface area (Å²) in [7, 11) is 0. The van der Waals surface area contributed by atoms with E-state index in [0.717, 1.165) is 5.57 Å². The van der Waals surface area contributed by atoms with E-state index in [2.05, 4.69) is 5.43 Å². The van der Waals surface area contributed by atoms with Crippen LogP contribution >= 0.6 is 11.6 Å². The van der Waals surface area contributed by atoms with Crippen molar-refractivity contribution < 1.29 is 4.39 Å². The van der Waals surface area contributed by atoms with Crippen LogP contribution in [0.1, 0.15) is 25.5 Å². The fourth-order valence-corrected chi connectivity index (χ4v) is 1.49. The Bertz CT molecular complexity index is 373. The molecule has 1 aromatic rings. The van der Waals surface area contributed by atoms with Crippen molar-refractivity contribution >= 4 is 11.6 Å². The monoisotopic (exact) mass is 228 g/mol. The molecule has 82 valence electrons. The smallest absolute Gasteiger partial charge is 0.128 e. The number of nitrogens with two attached hydrogens (primary N) is 1. The summed E-state index contributed by atoms with van der Waals surface area (Å²) in [4.78, 5) is 0. The van der Waals surface area contributed by atoms with Gasteiger partial charge in [0.1, 0.15) is 5.82 Å². The van der Waals surface area contributed by atoms with Gasteiger partial charge in [-0.05, 0) is 32.0 Å². The van der Waals surface area contributed by atoms with E-state index in [1.807, 2.05) is 19.9 Å². The van der Waals surface area contributed by atoms with Gasteiger partial charge in [-0.1, -0.05) is 23.3 Å². The number of hydrogen-bond acceptors (Lipinski definition) is 2. The normalized spacial score (nSPS) is 12.3. The third kappa shape index (κ3) is 3.30. The maximum absolute atomic E-state index is 13.5. The second kappa shape index (κ2) is 5.26. The highest BCUT2D eigenvalue weighted by Crippen LogP contribution is 2.22. The minimum Gasteiger partial charge on any atom is -0.271 e. The molecule has 3 N–H and O–H groups in total. The van der Waals surface area contributed by atoms with Crippen molar-refractivity contribution in [2.75, 3.05) is 0 Å². The number of allylic oxidation sites excluding steroid dienone is 1. The van der Waals surface area contributed by atoms with E-state index >= 15 is 0 Å². The summed E-state index contributed by atoms with van der Waals surface area (Å²) in [6.45, 7) is 3.85. The highest BCUT2D eigenvalue weighted by molar-refractivity contribution is 6.30. The maximum Gasteiger partial charge on any atom is 0.128 e. The molecule has 0 heterocycles. The maximum atomic E-state index is 13.5. The molecule has 4 heteroatoms. The van der Waals surface area contributed by atoms with Crippen molar-refractivity contribution in [1.29, 1.82) is 0 Å². The summed E-state index contributed by atoms with van der Waals surface area (Å²) < 4.78 is 13.5. The van der Waals surface area contributed by atoms with Crippen molar-refractivity contribution in [3.05, 3.63) is 46.3 Å². The average molecular weight is 229 g/mol. The molecule has 1 atom stereocenters. The Hall–Kier alpha value is -0.900. The molecule has 0 saturated heterocycles. The predicted molar refractivity (Wildman–Crippen MR) is 60.9 cm³/mol. The number of rotatable bonds is 3. The largest absolute Gasteiger partial charge is 0.271 e. The van der Waals surface area contributed by atoms with Crippen LogP contribution in [-0.4, -0.2) is 0 Å². The van der Waals surface area contributed by atoms with E-state index in [-0.39, 0.29) is 11.9 Å². The van der Waals surface area contributed by atoms with Gasteiger partial charge in [0.25, 0.3) is 0 Å². The molecule has 0 radical (unpaired) electrons. The number of hydrogen-bond donors (Lipinski definition) is 2. The highest BCUT2D eigenvalue weighted by atomic mass is 35.5. The van der Waals surface area contributed by atoms with E-state index in [4.69, 9.17) is 17.4 Å². The van der Waals surface area contributed by atoms with Gasteiger partial charge in [-0.3, -0.25) is 5.84 Å². The third-order valence-corrected chi connectivity index (χ3v) is 2.21. The first-order valence-electron chi connectivity index (χ1n) is 4.60. The Labute approximate surface area is 93.9 Å². The van der Waals surface area contributed by atoms with Gasteiger partial charge in [-0.25, -0.2) is 9.82 Å². The van der Waals surface area contributed by atoms with Gasteiger partial charge in [-0.2, -0.15) is 0 Å². The quantitative estimate of drug-likeness (QED) is 0.474. The van der Waals surface area contributed by atoms with Gasteiger partial charge in [0.2, 0.25) is 0 Å². The molecule has 1 aromatic carbocycles. The van der Waals surface area contributed by atoms with Gasteiger partial charge >= 0.3 is 0 Å². The van der Waals surface area contributed by atoms with Crippen LogP contribution in [0.2, 0.25) is 5.02 Å². The van der Waals surface area contributed by atoms with Crippen LogP contribution in [0.5, 0.6) is 0 Å². The van der Waals surface area contributed by atoms with Crippen molar-refractivity contribution in [3.63, 3.8) is 0 Å². The molecule has 0 aliphatic carbocycles. The molecule has 1 rings (SSSR count). The number of hydrazine groups is 1. The zero-order chi connectivity index (χ0) is 11.4. The summed E-state index contributed by atoms with van der Waals surface area (Å²) >= 11 is 5.80. The fourth-order valence-electron chi connectivity index (χ4n) is 1.31. The van der Waals surface area contributed by atoms with E-state index in [1.165, 1.54) is 12.1 Å². The molecule has 15 heavy (non-hydrogen) atoms. The lowest BCUT2D eigenvalue weighted by atomic mass is 10.0. The summed E-state index contributed by atoms with van der Waals surface area (Å²) in [5.41, 5.74) is 4.05. The van der Waals surface area contributed by atoms with Crippen molar-refractivity contribution in [3.8, 4) is 0 Å². The zero-order valence-electron chi connectivity index (χ0n) is 8.72. The van der Waals surface area contributed by atoms with Gasteiger partial charge in [0.15, 0.2) is 0 Å². The molecular formula is C11H14ClFN2. The van der Waals surface area contributed by atoms with E-state index in [1.54, 1.807) is 6.07 Å². The fraction of sp³-hybridized carbons (Fsp3) is 0.273. The first kappa shape index (κ1) is 12.2. The molecule has 0 aliphatic heterocycles. The summed E-state index contributed by atoms with van der Waals surface area (Å²) in [6, 6.07) is 4.06. The molecule has 0 amide bonds. The molecule has 1 unspecified atom stereocenters. The molecule has 0 spiro atoms. The number of benzene rings is 1. The summed E-state index contributed by atoms with van der Waals surface area (Å²) in [5, 5.41) is 0.494. The molecule has 0 saturated carbocycles. The lowest BCUT2D eigenvalue weighted by Gasteiger charge is -2.14. The SMILES string of the molecule is CC(C)=CC(NN)c1cc(Cl)ccc1F. The lowest BCUT2D eigenvalue weighted by Crippen LogP contribution is -2.27. The van der Waals surface area contributed by atoms with Crippen molar-refractivity contribution in [2.45, 2.75) is 19.9 Å². The average Bonchev–Trinajstić information content (AvgIpc) is 2.18. The number of halogens is 2. The summed E-state index contributed by atoms with van der Waals surface area (Å²) in [6.07, 6.45) is 1.84. The number of nitrogens with one attached hydrogen (secondary N) is 1. The molecular weight excluding hydrogens is 215 g/mol. The molecule has 0 aromatic heterocycles. The van der Waals surface area contributed by atoms with E-state index in [9.17, 15) is 4.39 Å². The Morgan fingerprint density at radius 3 is 2.73 bits per heavy atom. The minimum absolute atomic E-state index is 0.320. The van der Waals surface area contributed by atoms with Crippen LogP contribution in [0.25, 0.3) is 0 Å². The van der Waals surface area contributed by atoms with Crippen molar-refractivity contribution in [1.82, 2.24) is 5.43 Å². The predicted octanol–water partition coefficient (Wildman–Crippen LogP) is 2.95. The third-order valence-electron chi connectivity index (χ3n) is 1.97. The van der Waals surface area contributed by atoms with Gasteiger partial charge < -0.3 is 0 Å².